The van der Waals surface area contributed by atoms with Gasteiger partial charge in [0.15, 0.2) is 5.82 Å². The number of nitriles is 1. The van der Waals surface area contributed by atoms with Gasteiger partial charge in [0.25, 0.3) is 0 Å². The summed E-state index contributed by atoms with van der Waals surface area (Å²) in [6.45, 7) is 0. The van der Waals surface area contributed by atoms with Crippen LogP contribution in [0.3, 0.4) is 0 Å². The summed E-state index contributed by atoms with van der Waals surface area (Å²) < 4.78 is 10.6. The standard InChI is InChI=1S/C18H16N4O2S/c1-23-15-7-14(8-16(9-15)24-2)17-20-18(22-21-17)25-11-13-6-4-3-5-12(13)10-19/h3-9H,11H2,1-2H3,(H,20,21,22). The first-order valence-electron chi connectivity index (χ1n) is 7.50. The Morgan fingerprint density at radius 2 is 1.84 bits per heavy atom. The molecule has 0 unspecified atom stereocenters. The Balaban J connectivity index is 1.78. The molecule has 1 aromatic heterocycles. The van der Waals surface area contributed by atoms with E-state index in [2.05, 4.69) is 21.3 Å². The van der Waals surface area contributed by atoms with E-state index >= 15 is 0 Å². The highest BCUT2D eigenvalue weighted by Crippen LogP contribution is 2.29. The highest BCUT2D eigenvalue weighted by atomic mass is 32.2. The molecule has 7 heteroatoms. The Labute approximate surface area is 149 Å². The fourth-order valence-corrected chi connectivity index (χ4v) is 3.08. The number of nitrogens with zero attached hydrogens (tertiary/aromatic N) is 3. The number of nitrogens with one attached hydrogen (secondary N) is 1. The molecule has 0 fully saturated rings. The molecular weight excluding hydrogens is 336 g/mol. The average molecular weight is 352 g/mol. The summed E-state index contributed by atoms with van der Waals surface area (Å²) in [6, 6.07) is 15.2. The molecule has 0 saturated carbocycles. The number of hydrogen-bond acceptors (Lipinski definition) is 6. The quantitative estimate of drug-likeness (QED) is 0.682. The molecule has 0 aliphatic carbocycles. The summed E-state index contributed by atoms with van der Waals surface area (Å²) in [5.74, 6) is 2.63. The van der Waals surface area contributed by atoms with Gasteiger partial charge in [-0.05, 0) is 23.8 Å². The lowest BCUT2D eigenvalue weighted by Crippen LogP contribution is -1.90. The SMILES string of the molecule is COc1cc(OC)cc(-c2nc(SCc3ccccc3C#N)n[nH]2)c1. The molecule has 25 heavy (non-hydrogen) atoms. The molecular formula is C18H16N4O2S. The third kappa shape index (κ3) is 3.92. The molecule has 0 saturated heterocycles. The van der Waals surface area contributed by atoms with Crippen LogP contribution in [-0.4, -0.2) is 29.4 Å². The highest BCUT2D eigenvalue weighted by molar-refractivity contribution is 7.98. The molecule has 0 bridgehead atoms. The predicted molar refractivity (Wildman–Crippen MR) is 95.6 cm³/mol. The number of ether oxygens (including phenoxy) is 2. The maximum atomic E-state index is 9.15. The first kappa shape index (κ1) is 16.9. The average Bonchev–Trinajstić information content (AvgIpc) is 3.15. The van der Waals surface area contributed by atoms with Gasteiger partial charge in [-0.2, -0.15) is 5.26 Å². The molecule has 0 atom stereocenters. The van der Waals surface area contributed by atoms with E-state index in [4.69, 9.17) is 14.7 Å². The monoisotopic (exact) mass is 352 g/mol. The van der Waals surface area contributed by atoms with Crippen molar-refractivity contribution < 1.29 is 9.47 Å². The van der Waals surface area contributed by atoms with Crippen molar-refractivity contribution in [3.05, 3.63) is 53.6 Å². The maximum Gasteiger partial charge on any atom is 0.209 e. The van der Waals surface area contributed by atoms with Crippen LogP contribution in [0.1, 0.15) is 11.1 Å². The van der Waals surface area contributed by atoms with Gasteiger partial charge < -0.3 is 9.47 Å². The molecule has 1 N–H and O–H groups in total. The van der Waals surface area contributed by atoms with E-state index in [1.807, 2.05) is 36.4 Å². The van der Waals surface area contributed by atoms with Gasteiger partial charge in [0, 0.05) is 17.4 Å². The smallest absolute Gasteiger partial charge is 0.209 e. The third-order valence-corrected chi connectivity index (χ3v) is 4.48. The van der Waals surface area contributed by atoms with E-state index in [0.29, 0.717) is 33.8 Å². The van der Waals surface area contributed by atoms with Crippen molar-refractivity contribution in [2.75, 3.05) is 14.2 Å². The van der Waals surface area contributed by atoms with E-state index in [9.17, 15) is 0 Å². The summed E-state index contributed by atoms with van der Waals surface area (Å²) >= 11 is 1.47. The Morgan fingerprint density at radius 3 is 2.52 bits per heavy atom. The first-order chi connectivity index (χ1) is 12.2. The Hall–Kier alpha value is -2.98. The van der Waals surface area contributed by atoms with Crippen LogP contribution in [0.2, 0.25) is 0 Å². The molecule has 0 aliphatic heterocycles. The van der Waals surface area contributed by atoms with E-state index in [1.54, 1.807) is 20.3 Å². The number of aromatic nitrogens is 3. The first-order valence-corrected chi connectivity index (χ1v) is 8.48. The van der Waals surface area contributed by atoms with Gasteiger partial charge in [-0.1, -0.05) is 30.0 Å². The van der Waals surface area contributed by atoms with Crippen molar-refractivity contribution >= 4 is 11.8 Å². The molecule has 126 valence electrons. The number of methoxy groups -OCH3 is 2. The van der Waals surface area contributed by atoms with Crippen molar-refractivity contribution in [1.82, 2.24) is 15.2 Å². The lowest BCUT2D eigenvalue weighted by atomic mass is 10.1. The second-order valence-corrected chi connectivity index (χ2v) is 6.07. The van der Waals surface area contributed by atoms with Crippen molar-refractivity contribution in [2.45, 2.75) is 10.9 Å². The van der Waals surface area contributed by atoms with Crippen molar-refractivity contribution in [1.29, 1.82) is 5.26 Å². The van der Waals surface area contributed by atoms with E-state index < -0.39 is 0 Å². The third-order valence-electron chi connectivity index (χ3n) is 3.58. The molecule has 0 aliphatic rings. The number of rotatable bonds is 6. The minimum Gasteiger partial charge on any atom is -0.497 e. The lowest BCUT2D eigenvalue weighted by Gasteiger charge is -2.06. The van der Waals surface area contributed by atoms with Crippen molar-refractivity contribution in [2.24, 2.45) is 0 Å². The number of benzene rings is 2. The predicted octanol–water partition coefficient (Wildman–Crippen LogP) is 3.65. The number of aromatic amines is 1. The minimum atomic E-state index is 0.615. The molecule has 0 spiro atoms. The van der Waals surface area contributed by atoms with Gasteiger partial charge in [0.05, 0.1) is 25.9 Å². The fraction of sp³-hybridized carbons (Fsp3) is 0.167. The van der Waals surface area contributed by atoms with E-state index in [-0.39, 0.29) is 0 Å². The molecule has 3 rings (SSSR count). The summed E-state index contributed by atoms with van der Waals surface area (Å²) in [6.07, 6.45) is 0. The normalized spacial score (nSPS) is 10.3. The topological polar surface area (TPSA) is 83.8 Å². The molecule has 2 aromatic carbocycles. The van der Waals surface area contributed by atoms with E-state index in [1.165, 1.54) is 11.8 Å². The van der Waals surface area contributed by atoms with Crippen molar-refractivity contribution in [3.8, 4) is 29.0 Å². The van der Waals surface area contributed by atoms with Gasteiger partial charge in [-0.25, -0.2) is 4.98 Å². The number of thioether (sulfide) groups is 1. The minimum absolute atomic E-state index is 0.615. The molecule has 0 radical (unpaired) electrons. The Kier molecular flexibility index (Phi) is 5.21. The van der Waals surface area contributed by atoms with Gasteiger partial charge in [-0.3, -0.25) is 5.10 Å². The van der Waals surface area contributed by atoms with Crippen LogP contribution in [0.15, 0.2) is 47.6 Å². The van der Waals surface area contributed by atoms with Crippen LogP contribution in [0.5, 0.6) is 11.5 Å². The highest BCUT2D eigenvalue weighted by Gasteiger charge is 2.10. The van der Waals surface area contributed by atoms with Crippen LogP contribution in [0.4, 0.5) is 0 Å². The Bertz CT molecular complexity index is 895. The number of hydrogen-bond donors (Lipinski definition) is 1. The summed E-state index contributed by atoms with van der Waals surface area (Å²) in [5.41, 5.74) is 2.46. The summed E-state index contributed by atoms with van der Waals surface area (Å²) in [7, 11) is 3.21. The zero-order valence-corrected chi connectivity index (χ0v) is 14.6. The lowest BCUT2D eigenvalue weighted by molar-refractivity contribution is 0.394. The number of H-pyrrole nitrogens is 1. The fourth-order valence-electron chi connectivity index (χ4n) is 2.28. The van der Waals surface area contributed by atoms with Crippen LogP contribution < -0.4 is 9.47 Å². The van der Waals surface area contributed by atoms with Gasteiger partial charge in [-0.15, -0.1) is 5.10 Å². The van der Waals surface area contributed by atoms with Crippen LogP contribution in [-0.2, 0) is 5.75 Å². The molecule has 6 nitrogen and oxygen atoms in total. The zero-order chi connectivity index (χ0) is 17.6. The van der Waals surface area contributed by atoms with Crippen LogP contribution >= 0.6 is 11.8 Å². The van der Waals surface area contributed by atoms with E-state index in [0.717, 1.165) is 11.1 Å². The second-order valence-electron chi connectivity index (χ2n) is 5.13. The largest absolute Gasteiger partial charge is 0.497 e. The summed E-state index contributed by atoms with van der Waals surface area (Å²) in [5, 5.41) is 16.9. The van der Waals surface area contributed by atoms with Crippen LogP contribution in [0.25, 0.3) is 11.4 Å². The molecule has 0 amide bonds. The second kappa shape index (κ2) is 7.73. The molecule has 3 aromatic rings. The maximum absolute atomic E-state index is 9.15. The van der Waals surface area contributed by atoms with Gasteiger partial charge in [0.2, 0.25) is 5.16 Å². The summed E-state index contributed by atoms with van der Waals surface area (Å²) in [4.78, 5) is 4.50. The van der Waals surface area contributed by atoms with Crippen LogP contribution in [0, 0.1) is 11.3 Å². The van der Waals surface area contributed by atoms with Crippen molar-refractivity contribution in [3.63, 3.8) is 0 Å². The molecule has 1 heterocycles. The Morgan fingerprint density at radius 1 is 1.12 bits per heavy atom. The van der Waals surface area contributed by atoms with Gasteiger partial charge >= 0.3 is 0 Å². The zero-order valence-electron chi connectivity index (χ0n) is 13.8. The van der Waals surface area contributed by atoms with Gasteiger partial charge in [0.1, 0.15) is 11.5 Å².